The number of rotatable bonds is 5. The Kier molecular flexibility index (Phi) is 5.49. The van der Waals surface area contributed by atoms with Crippen molar-refractivity contribution in [3.05, 3.63) is 50.4 Å². The lowest BCUT2D eigenvalue weighted by atomic mass is 10.2. The molecule has 0 saturated heterocycles. The minimum atomic E-state index is -0.345. The molecule has 1 aromatic heterocycles. The highest BCUT2D eigenvalue weighted by molar-refractivity contribution is 8.00. The molecule has 0 aliphatic heterocycles. The summed E-state index contributed by atoms with van der Waals surface area (Å²) in [4.78, 5) is 32.0. The molecule has 0 radical (unpaired) electrons. The lowest BCUT2D eigenvalue weighted by molar-refractivity contribution is -0.115. The second kappa shape index (κ2) is 7.62. The molecule has 1 atom stereocenters. The third-order valence-electron chi connectivity index (χ3n) is 4.28. The highest BCUT2D eigenvalue weighted by atomic mass is 35.5. The van der Waals surface area contributed by atoms with Gasteiger partial charge in [0.25, 0.3) is 5.56 Å². The van der Waals surface area contributed by atoms with Crippen LogP contribution in [-0.4, -0.2) is 21.1 Å². The van der Waals surface area contributed by atoms with Crippen molar-refractivity contribution in [2.75, 3.05) is 5.32 Å². The van der Waals surface area contributed by atoms with Crippen molar-refractivity contribution >= 4 is 35.0 Å². The number of benzene rings is 1. The molecule has 0 bridgehead atoms. The highest BCUT2D eigenvalue weighted by Gasteiger charge is 2.22. The van der Waals surface area contributed by atoms with Crippen LogP contribution < -0.4 is 10.9 Å². The standard InChI is InChI=1S/C18H20ClN3O2S/c1-3-15(17(24)20-11-8-7-10(2)13(19)9-11)25-18-21-14-6-4-5-12(14)16(23)22-18/h7-9,15H,3-6H2,1-2H3,(H,20,24)(H,21,22,23). The summed E-state index contributed by atoms with van der Waals surface area (Å²) in [6, 6.07) is 5.43. The Morgan fingerprint density at radius 1 is 1.44 bits per heavy atom. The van der Waals surface area contributed by atoms with E-state index in [2.05, 4.69) is 15.3 Å². The first kappa shape index (κ1) is 18.0. The van der Waals surface area contributed by atoms with Gasteiger partial charge in [0.1, 0.15) is 0 Å². The smallest absolute Gasteiger partial charge is 0.254 e. The Hall–Kier alpha value is -1.79. The van der Waals surface area contributed by atoms with Gasteiger partial charge < -0.3 is 10.3 Å². The van der Waals surface area contributed by atoms with E-state index < -0.39 is 0 Å². The second-order valence-electron chi connectivity index (χ2n) is 6.12. The Morgan fingerprint density at radius 3 is 2.96 bits per heavy atom. The Bertz CT molecular complexity index is 866. The number of fused-ring (bicyclic) bond motifs is 1. The topological polar surface area (TPSA) is 74.8 Å². The summed E-state index contributed by atoms with van der Waals surface area (Å²) in [5.41, 5.74) is 3.20. The zero-order chi connectivity index (χ0) is 18.0. The van der Waals surface area contributed by atoms with E-state index >= 15 is 0 Å². The predicted octanol–water partition coefficient (Wildman–Crippen LogP) is 3.73. The molecule has 1 aliphatic carbocycles. The molecule has 7 heteroatoms. The normalized spacial score (nSPS) is 14.2. The first-order chi connectivity index (χ1) is 12.0. The van der Waals surface area contributed by atoms with Crippen molar-refractivity contribution in [2.45, 2.75) is 49.9 Å². The number of anilines is 1. The highest BCUT2D eigenvalue weighted by Crippen LogP contribution is 2.26. The van der Waals surface area contributed by atoms with E-state index in [1.165, 1.54) is 11.8 Å². The number of aryl methyl sites for hydroxylation is 2. The van der Waals surface area contributed by atoms with Gasteiger partial charge in [0.2, 0.25) is 5.91 Å². The van der Waals surface area contributed by atoms with E-state index in [1.807, 2.05) is 26.0 Å². The molecule has 0 spiro atoms. The lowest BCUT2D eigenvalue weighted by Gasteiger charge is -2.15. The zero-order valence-electron chi connectivity index (χ0n) is 14.2. The van der Waals surface area contributed by atoms with Gasteiger partial charge in [-0.2, -0.15) is 0 Å². The number of hydrogen-bond acceptors (Lipinski definition) is 4. The van der Waals surface area contributed by atoms with Crippen LogP contribution in [0.4, 0.5) is 5.69 Å². The van der Waals surface area contributed by atoms with Crippen LogP contribution >= 0.6 is 23.4 Å². The van der Waals surface area contributed by atoms with Gasteiger partial charge in [0.05, 0.1) is 10.9 Å². The van der Waals surface area contributed by atoms with E-state index in [1.54, 1.807) is 6.07 Å². The second-order valence-corrected chi connectivity index (χ2v) is 7.72. The number of thioether (sulfide) groups is 1. The van der Waals surface area contributed by atoms with Gasteiger partial charge in [0, 0.05) is 16.3 Å². The largest absolute Gasteiger partial charge is 0.325 e. The Balaban J connectivity index is 1.73. The van der Waals surface area contributed by atoms with Crippen LogP contribution in [0.25, 0.3) is 0 Å². The number of nitrogens with zero attached hydrogens (tertiary/aromatic N) is 1. The van der Waals surface area contributed by atoms with Crippen molar-refractivity contribution in [2.24, 2.45) is 0 Å². The summed E-state index contributed by atoms with van der Waals surface area (Å²) in [5.74, 6) is -0.129. The first-order valence-corrected chi connectivity index (χ1v) is 9.59. The van der Waals surface area contributed by atoms with Gasteiger partial charge in [-0.1, -0.05) is 36.4 Å². The molecule has 5 nitrogen and oxygen atoms in total. The van der Waals surface area contributed by atoms with E-state index in [0.29, 0.717) is 22.3 Å². The minimum Gasteiger partial charge on any atom is -0.325 e. The predicted molar refractivity (Wildman–Crippen MR) is 102 cm³/mol. The molecule has 0 saturated carbocycles. The molecule has 1 aromatic carbocycles. The molecule has 1 unspecified atom stereocenters. The fraction of sp³-hybridized carbons (Fsp3) is 0.389. The van der Waals surface area contributed by atoms with Crippen molar-refractivity contribution in [1.29, 1.82) is 0 Å². The Morgan fingerprint density at radius 2 is 2.24 bits per heavy atom. The molecule has 2 N–H and O–H groups in total. The van der Waals surface area contributed by atoms with Crippen molar-refractivity contribution in [3.63, 3.8) is 0 Å². The monoisotopic (exact) mass is 377 g/mol. The number of halogens is 1. The molecule has 0 fully saturated rings. The molecule has 132 valence electrons. The van der Waals surface area contributed by atoms with E-state index in [0.717, 1.165) is 36.1 Å². The summed E-state index contributed by atoms with van der Waals surface area (Å²) >= 11 is 7.40. The third kappa shape index (κ3) is 4.07. The molecule has 1 aliphatic rings. The average Bonchev–Trinajstić information content (AvgIpc) is 3.05. The van der Waals surface area contributed by atoms with E-state index in [4.69, 9.17) is 11.6 Å². The number of amides is 1. The summed E-state index contributed by atoms with van der Waals surface area (Å²) in [5, 5.41) is 3.66. The van der Waals surface area contributed by atoms with Crippen molar-refractivity contribution < 1.29 is 4.79 Å². The number of aromatic nitrogens is 2. The van der Waals surface area contributed by atoms with Gasteiger partial charge in [-0.25, -0.2) is 4.98 Å². The minimum absolute atomic E-state index is 0.0782. The maximum atomic E-state index is 12.6. The summed E-state index contributed by atoms with van der Waals surface area (Å²) in [6.45, 7) is 3.85. The number of carbonyl (C=O) groups is 1. The molecule has 3 rings (SSSR count). The van der Waals surface area contributed by atoms with Crippen LogP contribution in [0.1, 0.15) is 36.6 Å². The van der Waals surface area contributed by atoms with Crippen LogP contribution in [0.3, 0.4) is 0 Å². The number of H-pyrrole nitrogens is 1. The molecule has 1 amide bonds. The fourth-order valence-corrected chi connectivity index (χ4v) is 3.92. The lowest BCUT2D eigenvalue weighted by Crippen LogP contribution is -2.25. The molecular formula is C18H20ClN3O2S. The van der Waals surface area contributed by atoms with Gasteiger partial charge >= 0.3 is 0 Å². The number of aromatic amines is 1. The maximum absolute atomic E-state index is 12.6. The fourth-order valence-electron chi connectivity index (χ4n) is 2.83. The van der Waals surface area contributed by atoms with Gasteiger partial charge in [-0.05, 0) is 50.3 Å². The summed E-state index contributed by atoms with van der Waals surface area (Å²) in [6.07, 6.45) is 3.20. The Labute approximate surface area is 155 Å². The number of hydrogen-bond donors (Lipinski definition) is 2. The SMILES string of the molecule is CCC(Sc1nc2c(c(=O)[nH]1)CCC2)C(=O)Nc1ccc(C)c(Cl)c1. The van der Waals surface area contributed by atoms with Crippen LogP contribution in [0.15, 0.2) is 28.2 Å². The number of carbonyl (C=O) groups excluding carboxylic acids is 1. The van der Waals surface area contributed by atoms with Crippen molar-refractivity contribution in [1.82, 2.24) is 9.97 Å². The maximum Gasteiger partial charge on any atom is 0.254 e. The molecule has 1 heterocycles. The van der Waals surface area contributed by atoms with Crippen LogP contribution in [0.2, 0.25) is 5.02 Å². The average molecular weight is 378 g/mol. The molecule has 2 aromatic rings. The van der Waals surface area contributed by atoms with Crippen LogP contribution in [0, 0.1) is 6.92 Å². The van der Waals surface area contributed by atoms with E-state index in [-0.39, 0.29) is 16.7 Å². The van der Waals surface area contributed by atoms with Crippen LogP contribution in [-0.2, 0) is 17.6 Å². The summed E-state index contributed by atoms with van der Waals surface area (Å²) in [7, 11) is 0. The first-order valence-electron chi connectivity index (χ1n) is 8.33. The van der Waals surface area contributed by atoms with Gasteiger partial charge in [0.15, 0.2) is 5.16 Å². The van der Waals surface area contributed by atoms with Gasteiger partial charge in [-0.15, -0.1) is 0 Å². The van der Waals surface area contributed by atoms with Crippen molar-refractivity contribution in [3.8, 4) is 0 Å². The molecule has 25 heavy (non-hydrogen) atoms. The van der Waals surface area contributed by atoms with Crippen LogP contribution in [0.5, 0.6) is 0 Å². The summed E-state index contributed by atoms with van der Waals surface area (Å²) < 4.78 is 0. The zero-order valence-corrected chi connectivity index (χ0v) is 15.8. The quantitative estimate of drug-likeness (QED) is 0.615. The van der Waals surface area contributed by atoms with E-state index in [9.17, 15) is 9.59 Å². The van der Waals surface area contributed by atoms with Gasteiger partial charge in [-0.3, -0.25) is 9.59 Å². The third-order valence-corrected chi connectivity index (χ3v) is 5.93. The number of nitrogens with one attached hydrogen (secondary N) is 2. The molecular weight excluding hydrogens is 358 g/mol.